The molecular formula is C11H17N3O2. The maximum atomic E-state index is 10.5. The highest BCUT2D eigenvalue weighted by Crippen LogP contribution is 2.31. The van der Waals surface area contributed by atoms with E-state index in [1.807, 2.05) is 17.7 Å². The molecule has 0 spiro atoms. The molecule has 0 radical (unpaired) electrons. The van der Waals surface area contributed by atoms with Crippen LogP contribution in [0.3, 0.4) is 0 Å². The Morgan fingerprint density at radius 2 is 2.31 bits per heavy atom. The zero-order valence-corrected chi connectivity index (χ0v) is 9.44. The highest BCUT2D eigenvalue weighted by Gasteiger charge is 2.20. The van der Waals surface area contributed by atoms with Crippen LogP contribution in [0.5, 0.6) is 0 Å². The van der Waals surface area contributed by atoms with Crippen LogP contribution in [0.1, 0.15) is 37.4 Å². The zero-order chi connectivity index (χ0) is 11.5. The number of aromatic nitrogens is 2. The van der Waals surface area contributed by atoms with Gasteiger partial charge in [0, 0.05) is 6.07 Å². The van der Waals surface area contributed by atoms with E-state index in [1.54, 1.807) is 0 Å². The van der Waals surface area contributed by atoms with Crippen molar-refractivity contribution in [1.82, 2.24) is 9.78 Å². The molecule has 88 valence electrons. The van der Waals surface area contributed by atoms with Crippen LogP contribution in [0, 0.1) is 6.92 Å². The number of aryl methyl sites for hydroxylation is 1. The summed E-state index contributed by atoms with van der Waals surface area (Å²) in [5.74, 6) is -0.0244. The van der Waals surface area contributed by atoms with E-state index in [4.69, 9.17) is 5.11 Å². The minimum Gasteiger partial charge on any atom is -0.480 e. The number of anilines is 1. The quantitative estimate of drug-likeness (QED) is 0.816. The van der Waals surface area contributed by atoms with Gasteiger partial charge in [-0.2, -0.15) is 5.10 Å². The van der Waals surface area contributed by atoms with Crippen LogP contribution in [-0.4, -0.2) is 27.4 Å². The smallest absolute Gasteiger partial charge is 0.322 e. The van der Waals surface area contributed by atoms with Crippen molar-refractivity contribution in [3.8, 4) is 0 Å². The molecule has 2 rings (SSSR count). The first-order valence-electron chi connectivity index (χ1n) is 5.68. The van der Waals surface area contributed by atoms with Gasteiger partial charge in [0.05, 0.1) is 11.7 Å². The SMILES string of the molecule is Cc1cc(NCC(=O)O)n(C2CCCC2)n1. The third kappa shape index (κ3) is 2.35. The number of carbonyl (C=O) groups is 1. The summed E-state index contributed by atoms with van der Waals surface area (Å²) in [5, 5.41) is 16.0. The molecule has 5 heteroatoms. The number of nitrogens with zero attached hydrogens (tertiary/aromatic N) is 2. The van der Waals surface area contributed by atoms with Crippen molar-refractivity contribution in [2.45, 2.75) is 38.6 Å². The largest absolute Gasteiger partial charge is 0.480 e. The maximum absolute atomic E-state index is 10.5. The van der Waals surface area contributed by atoms with Gasteiger partial charge in [-0.05, 0) is 19.8 Å². The molecule has 0 aromatic carbocycles. The van der Waals surface area contributed by atoms with Crippen molar-refractivity contribution in [3.63, 3.8) is 0 Å². The molecule has 0 aliphatic heterocycles. The molecule has 1 aliphatic carbocycles. The fourth-order valence-corrected chi connectivity index (χ4v) is 2.24. The second kappa shape index (κ2) is 4.55. The van der Waals surface area contributed by atoms with E-state index < -0.39 is 5.97 Å². The van der Waals surface area contributed by atoms with E-state index in [0.717, 1.165) is 24.4 Å². The van der Waals surface area contributed by atoms with Crippen LogP contribution in [0.15, 0.2) is 6.07 Å². The second-order valence-electron chi connectivity index (χ2n) is 4.30. The minimum absolute atomic E-state index is 0.0577. The van der Waals surface area contributed by atoms with Gasteiger partial charge in [-0.15, -0.1) is 0 Å². The normalized spacial score (nSPS) is 16.6. The summed E-state index contributed by atoms with van der Waals surface area (Å²) in [6.45, 7) is 1.87. The summed E-state index contributed by atoms with van der Waals surface area (Å²) in [4.78, 5) is 10.5. The van der Waals surface area contributed by atoms with Crippen LogP contribution in [-0.2, 0) is 4.79 Å². The highest BCUT2D eigenvalue weighted by atomic mass is 16.4. The van der Waals surface area contributed by atoms with E-state index in [2.05, 4.69) is 10.4 Å². The molecular weight excluding hydrogens is 206 g/mol. The zero-order valence-electron chi connectivity index (χ0n) is 9.44. The topological polar surface area (TPSA) is 67.2 Å². The Bertz CT molecular complexity index is 381. The lowest BCUT2D eigenvalue weighted by Crippen LogP contribution is -2.17. The fraction of sp³-hybridized carbons (Fsp3) is 0.636. The molecule has 1 heterocycles. The van der Waals surface area contributed by atoms with Gasteiger partial charge in [-0.3, -0.25) is 4.79 Å². The van der Waals surface area contributed by atoms with Crippen LogP contribution in [0.25, 0.3) is 0 Å². The summed E-state index contributed by atoms with van der Waals surface area (Å²) >= 11 is 0. The molecule has 0 unspecified atom stereocenters. The minimum atomic E-state index is -0.850. The van der Waals surface area contributed by atoms with Crippen molar-refractivity contribution in [1.29, 1.82) is 0 Å². The van der Waals surface area contributed by atoms with Gasteiger partial charge in [0.2, 0.25) is 0 Å². The van der Waals surface area contributed by atoms with Crippen molar-refractivity contribution in [2.24, 2.45) is 0 Å². The Balaban J connectivity index is 2.12. The summed E-state index contributed by atoms with van der Waals surface area (Å²) in [6.07, 6.45) is 4.76. The molecule has 0 saturated heterocycles. The third-order valence-electron chi connectivity index (χ3n) is 2.95. The first-order chi connectivity index (χ1) is 7.66. The molecule has 0 bridgehead atoms. The van der Waals surface area contributed by atoms with Gasteiger partial charge in [0.25, 0.3) is 0 Å². The highest BCUT2D eigenvalue weighted by molar-refractivity contribution is 5.72. The van der Waals surface area contributed by atoms with E-state index in [0.29, 0.717) is 6.04 Å². The lowest BCUT2D eigenvalue weighted by atomic mass is 10.2. The van der Waals surface area contributed by atoms with Crippen LogP contribution >= 0.6 is 0 Å². The van der Waals surface area contributed by atoms with Crippen molar-refractivity contribution >= 4 is 11.8 Å². The summed E-state index contributed by atoms with van der Waals surface area (Å²) < 4.78 is 1.95. The van der Waals surface area contributed by atoms with E-state index in [-0.39, 0.29) is 6.54 Å². The van der Waals surface area contributed by atoms with Gasteiger partial charge >= 0.3 is 5.97 Å². The predicted octanol–water partition coefficient (Wildman–Crippen LogP) is 1.80. The van der Waals surface area contributed by atoms with Crippen molar-refractivity contribution < 1.29 is 9.90 Å². The standard InChI is InChI=1S/C11H17N3O2/c1-8-6-10(12-7-11(15)16)14(13-8)9-4-2-3-5-9/h6,9,12H,2-5,7H2,1H3,(H,15,16). The van der Waals surface area contributed by atoms with Crippen LogP contribution in [0.2, 0.25) is 0 Å². The van der Waals surface area contributed by atoms with Gasteiger partial charge in [0.15, 0.2) is 0 Å². The second-order valence-corrected chi connectivity index (χ2v) is 4.30. The number of hydrogen-bond acceptors (Lipinski definition) is 3. The van der Waals surface area contributed by atoms with E-state index in [9.17, 15) is 4.79 Å². The number of rotatable bonds is 4. The predicted molar refractivity (Wildman–Crippen MR) is 60.6 cm³/mol. The van der Waals surface area contributed by atoms with Crippen molar-refractivity contribution in [3.05, 3.63) is 11.8 Å². The lowest BCUT2D eigenvalue weighted by molar-refractivity contribution is -0.134. The molecule has 1 saturated carbocycles. The molecule has 16 heavy (non-hydrogen) atoms. The monoisotopic (exact) mass is 223 g/mol. The van der Waals surface area contributed by atoms with Gasteiger partial charge < -0.3 is 10.4 Å². The molecule has 0 amide bonds. The Kier molecular flexibility index (Phi) is 3.12. The molecule has 1 aliphatic rings. The Morgan fingerprint density at radius 1 is 1.62 bits per heavy atom. The average Bonchev–Trinajstić information content (AvgIpc) is 2.82. The Labute approximate surface area is 94.5 Å². The summed E-state index contributed by atoms with van der Waals surface area (Å²) in [5.41, 5.74) is 0.930. The maximum Gasteiger partial charge on any atom is 0.322 e. The first kappa shape index (κ1) is 11.0. The van der Waals surface area contributed by atoms with Crippen molar-refractivity contribution in [2.75, 3.05) is 11.9 Å². The summed E-state index contributed by atoms with van der Waals surface area (Å²) in [6, 6.07) is 2.34. The first-order valence-corrected chi connectivity index (χ1v) is 5.68. The Hall–Kier alpha value is -1.52. The van der Waals surface area contributed by atoms with E-state index >= 15 is 0 Å². The lowest BCUT2D eigenvalue weighted by Gasteiger charge is -2.14. The number of hydrogen-bond donors (Lipinski definition) is 2. The molecule has 1 fully saturated rings. The Morgan fingerprint density at radius 3 is 2.94 bits per heavy atom. The summed E-state index contributed by atoms with van der Waals surface area (Å²) in [7, 11) is 0. The van der Waals surface area contributed by atoms with E-state index in [1.165, 1.54) is 12.8 Å². The number of carboxylic acid groups (broad SMARTS) is 1. The molecule has 1 aromatic rings. The third-order valence-corrected chi connectivity index (χ3v) is 2.95. The van der Waals surface area contributed by atoms with Gasteiger partial charge in [-0.1, -0.05) is 12.8 Å². The van der Waals surface area contributed by atoms with Gasteiger partial charge in [-0.25, -0.2) is 4.68 Å². The molecule has 2 N–H and O–H groups in total. The fourth-order valence-electron chi connectivity index (χ4n) is 2.24. The van der Waals surface area contributed by atoms with Crippen LogP contribution in [0.4, 0.5) is 5.82 Å². The molecule has 1 aromatic heterocycles. The number of nitrogens with one attached hydrogen (secondary N) is 1. The number of carboxylic acids is 1. The average molecular weight is 223 g/mol. The van der Waals surface area contributed by atoms with Crippen LogP contribution < -0.4 is 5.32 Å². The number of aliphatic carboxylic acids is 1. The van der Waals surface area contributed by atoms with Gasteiger partial charge in [0.1, 0.15) is 12.4 Å². The molecule has 0 atom stereocenters. The molecule has 5 nitrogen and oxygen atoms in total.